The smallest absolute Gasteiger partial charge is 0.387 e. The molecule has 0 saturated carbocycles. The topological polar surface area (TPSA) is 29.5 Å². The van der Waals surface area contributed by atoms with Crippen molar-refractivity contribution in [3.05, 3.63) is 29.8 Å². The normalized spacial score (nSPS) is 10.7. The Kier molecular flexibility index (Phi) is 7.51. The molecule has 0 aromatic heterocycles. The minimum absolute atomic E-state index is 0.000124. The Balaban J connectivity index is 2.82. The van der Waals surface area contributed by atoms with E-state index >= 15 is 0 Å². The average Bonchev–Trinajstić information content (AvgIpc) is 2.42. The number of nitrogens with zero attached hydrogens (tertiary/aromatic N) is 1. The number of carbonyl (C=O) groups is 1. The lowest BCUT2D eigenvalue weighted by Crippen LogP contribution is -2.33. The second kappa shape index (κ2) is 8.89. The summed E-state index contributed by atoms with van der Waals surface area (Å²) in [5.74, 6) is -0.169. The average molecular weight is 350 g/mol. The fourth-order valence-electron chi connectivity index (χ4n) is 1.75. The van der Waals surface area contributed by atoms with E-state index in [4.69, 9.17) is 0 Å². The van der Waals surface area contributed by atoms with Crippen molar-refractivity contribution in [2.75, 3.05) is 18.4 Å². The lowest BCUT2D eigenvalue weighted by Gasteiger charge is -2.21. The van der Waals surface area contributed by atoms with Crippen LogP contribution in [0.25, 0.3) is 0 Å². The standard InChI is InChI=1S/C14H18BrF2NO2/c1-2-3-8-18(9-7-15)13(19)11-5-4-6-12(10-11)20-14(16)17/h4-6,10,14H,2-3,7-9H2,1H3. The van der Waals surface area contributed by atoms with E-state index in [0.29, 0.717) is 24.0 Å². The molecule has 0 heterocycles. The van der Waals surface area contributed by atoms with Crippen LogP contribution in [0.4, 0.5) is 8.78 Å². The van der Waals surface area contributed by atoms with Crippen LogP contribution in [0.1, 0.15) is 30.1 Å². The predicted octanol–water partition coefficient (Wildman–Crippen LogP) is 3.93. The van der Waals surface area contributed by atoms with Crippen molar-refractivity contribution in [1.29, 1.82) is 0 Å². The molecule has 20 heavy (non-hydrogen) atoms. The minimum atomic E-state index is -2.89. The van der Waals surface area contributed by atoms with Gasteiger partial charge in [0.2, 0.25) is 0 Å². The zero-order chi connectivity index (χ0) is 15.0. The lowest BCUT2D eigenvalue weighted by molar-refractivity contribution is -0.0499. The van der Waals surface area contributed by atoms with Crippen molar-refractivity contribution in [3.63, 3.8) is 0 Å². The summed E-state index contributed by atoms with van der Waals surface area (Å²) in [6.45, 7) is 0.396. The zero-order valence-corrected chi connectivity index (χ0v) is 12.9. The van der Waals surface area contributed by atoms with Crippen LogP contribution in [0, 0.1) is 0 Å². The molecule has 1 rings (SSSR count). The molecule has 1 amide bonds. The van der Waals surface area contributed by atoms with Gasteiger partial charge >= 0.3 is 6.61 Å². The van der Waals surface area contributed by atoms with Gasteiger partial charge in [-0.2, -0.15) is 8.78 Å². The van der Waals surface area contributed by atoms with Crippen molar-refractivity contribution in [2.45, 2.75) is 26.4 Å². The van der Waals surface area contributed by atoms with Gasteiger partial charge in [0, 0.05) is 24.0 Å². The molecule has 0 aliphatic heterocycles. The monoisotopic (exact) mass is 349 g/mol. The van der Waals surface area contributed by atoms with Gasteiger partial charge in [0.05, 0.1) is 0 Å². The molecule has 0 fully saturated rings. The number of carbonyl (C=O) groups excluding carboxylic acids is 1. The van der Waals surface area contributed by atoms with Gasteiger partial charge in [-0.25, -0.2) is 0 Å². The van der Waals surface area contributed by atoms with Crippen LogP contribution in [-0.2, 0) is 0 Å². The van der Waals surface area contributed by atoms with E-state index in [0.717, 1.165) is 12.8 Å². The Hall–Kier alpha value is -1.17. The minimum Gasteiger partial charge on any atom is -0.435 e. The van der Waals surface area contributed by atoms with Crippen LogP contribution >= 0.6 is 15.9 Å². The Morgan fingerprint density at radius 2 is 2.15 bits per heavy atom. The van der Waals surface area contributed by atoms with E-state index in [9.17, 15) is 13.6 Å². The van der Waals surface area contributed by atoms with Gasteiger partial charge in [-0.3, -0.25) is 4.79 Å². The van der Waals surface area contributed by atoms with Crippen molar-refractivity contribution in [2.24, 2.45) is 0 Å². The quantitative estimate of drug-likeness (QED) is 0.665. The Bertz CT molecular complexity index is 429. The molecule has 0 aliphatic rings. The van der Waals surface area contributed by atoms with E-state index in [1.165, 1.54) is 18.2 Å². The Morgan fingerprint density at radius 3 is 2.75 bits per heavy atom. The molecule has 3 nitrogen and oxygen atoms in total. The number of alkyl halides is 3. The first kappa shape index (κ1) is 16.9. The van der Waals surface area contributed by atoms with Crippen LogP contribution in [0.3, 0.4) is 0 Å². The fourth-order valence-corrected chi connectivity index (χ4v) is 2.18. The largest absolute Gasteiger partial charge is 0.435 e. The van der Waals surface area contributed by atoms with Gasteiger partial charge in [0.15, 0.2) is 0 Å². The number of hydrogen-bond acceptors (Lipinski definition) is 2. The molecular weight excluding hydrogens is 332 g/mol. The SMILES string of the molecule is CCCCN(CCBr)C(=O)c1cccc(OC(F)F)c1. The number of unbranched alkanes of at least 4 members (excludes halogenated alkanes) is 1. The van der Waals surface area contributed by atoms with Crippen LogP contribution < -0.4 is 4.74 Å². The number of amides is 1. The number of halogens is 3. The van der Waals surface area contributed by atoms with E-state index in [2.05, 4.69) is 20.7 Å². The zero-order valence-electron chi connectivity index (χ0n) is 11.3. The van der Waals surface area contributed by atoms with Gasteiger partial charge in [0.1, 0.15) is 5.75 Å². The first-order chi connectivity index (χ1) is 9.58. The third kappa shape index (κ3) is 5.45. The highest BCUT2D eigenvalue weighted by molar-refractivity contribution is 9.09. The summed E-state index contributed by atoms with van der Waals surface area (Å²) in [5, 5.41) is 0.676. The first-order valence-electron chi connectivity index (χ1n) is 6.48. The molecule has 0 aliphatic carbocycles. The summed E-state index contributed by atoms with van der Waals surface area (Å²) in [5.41, 5.74) is 0.361. The molecule has 0 bridgehead atoms. The van der Waals surface area contributed by atoms with Crippen molar-refractivity contribution >= 4 is 21.8 Å². The summed E-state index contributed by atoms with van der Waals surface area (Å²) in [6.07, 6.45) is 1.90. The maximum absolute atomic E-state index is 12.3. The molecule has 0 unspecified atom stereocenters. The molecule has 0 radical (unpaired) electrons. The highest BCUT2D eigenvalue weighted by Gasteiger charge is 2.16. The highest BCUT2D eigenvalue weighted by Crippen LogP contribution is 2.17. The van der Waals surface area contributed by atoms with Gasteiger partial charge in [-0.05, 0) is 24.6 Å². The van der Waals surface area contributed by atoms with Crippen LogP contribution in [0.2, 0.25) is 0 Å². The molecule has 0 N–H and O–H groups in total. The number of hydrogen-bond donors (Lipinski definition) is 0. The molecule has 0 spiro atoms. The van der Waals surface area contributed by atoms with E-state index in [-0.39, 0.29) is 11.7 Å². The summed E-state index contributed by atoms with van der Waals surface area (Å²) in [6, 6.07) is 5.90. The van der Waals surface area contributed by atoms with Gasteiger partial charge in [0.25, 0.3) is 5.91 Å². The van der Waals surface area contributed by atoms with Crippen molar-refractivity contribution in [1.82, 2.24) is 4.90 Å². The van der Waals surface area contributed by atoms with Crippen LogP contribution in [-0.4, -0.2) is 35.8 Å². The molecule has 0 atom stereocenters. The van der Waals surface area contributed by atoms with Crippen LogP contribution in [0.15, 0.2) is 24.3 Å². The second-order valence-corrected chi connectivity index (χ2v) is 5.03. The molecule has 1 aromatic carbocycles. The second-order valence-electron chi connectivity index (χ2n) is 4.24. The maximum atomic E-state index is 12.3. The lowest BCUT2D eigenvalue weighted by atomic mass is 10.1. The Morgan fingerprint density at radius 1 is 1.40 bits per heavy atom. The number of rotatable bonds is 8. The fraction of sp³-hybridized carbons (Fsp3) is 0.500. The van der Waals surface area contributed by atoms with Crippen LogP contribution in [0.5, 0.6) is 5.75 Å². The van der Waals surface area contributed by atoms with Gasteiger partial charge < -0.3 is 9.64 Å². The van der Waals surface area contributed by atoms with Crippen molar-refractivity contribution < 1.29 is 18.3 Å². The van der Waals surface area contributed by atoms with E-state index < -0.39 is 6.61 Å². The van der Waals surface area contributed by atoms with Crippen molar-refractivity contribution in [3.8, 4) is 5.75 Å². The van der Waals surface area contributed by atoms with Gasteiger partial charge in [-0.15, -0.1) is 0 Å². The van der Waals surface area contributed by atoms with Gasteiger partial charge in [-0.1, -0.05) is 35.3 Å². The Labute approximate surface area is 126 Å². The predicted molar refractivity (Wildman–Crippen MR) is 77.7 cm³/mol. The summed E-state index contributed by atoms with van der Waals surface area (Å²) in [7, 11) is 0. The molecule has 6 heteroatoms. The highest BCUT2D eigenvalue weighted by atomic mass is 79.9. The molecule has 112 valence electrons. The number of ether oxygens (including phenoxy) is 1. The van der Waals surface area contributed by atoms with E-state index in [1.54, 1.807) is 11.0 Å². The molecular formula is C14H18BrF2NO2. The summed E-state index contributed by atoms with van der Waals surface area (Å²) in [4.78, 5) is 14.0. The third-order valence-corrected chi connectivity index (χ3v) is 3.08. The summed E-state index contributed by atoms with van der Waals surface area (Å²) >= 11 is 3.31. The molecule has 1 aromatic rings. The third-order valence-electron chi connectivity index (χ3n) is 2.73. The first-order valence-corrected chi connectivity index (χ1v) is 7.60. The number of benzene rings is 1. The maximum Gasteiger partial charge on any atom is 0.387 e. The van der Waals surface area contributed by atoms with E-state index in [1.807, 2.05) is 6.92 Å². The summed E-state index contributed by atoms with van der Waals surface area (Å²) < 4.78 is 28.7. The molecule has 0 saturated heterocycles.